The van der Waals surface area contributed by atoms with Gasteiger partial charge in [-0.3, -0.25) is 4.79 Å². The Balaban J connectivity index is -0.000000541. The summed E-state index contributed by atoms with van der Waals surface area (Å²) in [6.45, 7) is 28.7. The highest BCUT2D eigenvalue weighted by atomic mass is 16.5. The predicted molar refractivity (Wildman–Crippen MR) is 146 cm³/mol. The summed E-state index contributed by atoms with van der Waals surface area (Å²) >= 11 is 0. The van der Waals surface area contributed by atoms with Crippen LogP contribution in [0.1, 0.15) is 102 Å². The van der Waals surface area contributed by atoms with Gasteiger partial charge in [-0.25, -0.2) is 0 Å². The van der Waals surface area contributed by atoms with Crippen LogP contribution in [-0.4, -0.2) is 58.8 Å². The molecule has 0 saturated carbocycles. The summed E-state index contributed by atoms with van der Waals surface area (Å²) in [6, 6.07) is 0. The van der Waals surface area contributed by atoms with Crippen molar-refractivity contribution in [2.75, 3.05) is 40.5 Å². The Bertz CT molecular complexity index is 504. The van der Waals surface area contributed by atoms with Crippen molar-refractivity contribution in [1.82, 2.24) is 10.6 Å². The molecule has 6 nitrogen and oxygen atoms in total. The summed E-state index contributed by atoms with van der Waals surface area (Å²) < 4.78 is 11.1. The fourth-order valence-electron chi connectivity index (χ4n) is 3.49. The number of hydrogen-bond donors (Lipinski definition) is 2. The minimum absolute atomic E-state index is 0.0523. The smallest absolute Gasteiger partial charge is 0.225 e. The Kier molecular flexibility index (Phi) is 20.2. The Labute approximate surface area is 212 Å². The van der Waals surface area contributed by atoms with Crippen LogP contribution < -0.4 is 10.6 Å². The molecule has 2 N–H and O–H groups in total. The second-order valence-electron chi connectivity index (χ2n) is 12.3. The normalized spacial score (nSPS) is 13.2. The van der Waals surface area contributed by atoms with E-state index >= 15 is 0 Å². The summed E-state index contributed by atoms with van der Waals surface area (Å²) in [5.41, 5.74) is 0.182. The van der Waals surface area contributed by atoms with Crippen LogP contribution >= 0.6 is 0 Å². The van der Waals surface area contributed by atoms with E-state index in [0.717, 1.165) is 45.6 Å². The molecule has 0 spiro atoms. The van der Waals surface area contributed by atoms with E-state index in [4.69, 9.17) is 14.3 Å². The summed E-state index contributed by atoms with van der Waals surface area (Å²) in [5, 5.41) is 6.24. The molecule has 0 rings (SSSR count). The van der Waals surface area contributed by atoms with Crippen molar-refractivity contribution in [2.24, 2.45) is 22.2 Å². The number of hydrogen-bond acceptors (Lipinski definition) is 5. The van der Waals surface area contributed by atoms with Crippen LogP contribution in [-0.2, 0) is 19.1 Å². The van der Waals surface area contributed by atoms with Crippen LogP contribution in [0.3, 0.4) is 0 Å². The van der Waals surface area contributed by atoms with Gasteiger partial charge in [0.05, 0.1) is 18.8 Å². The van der Waals surface area contributed by atoms with Gasteiger partial charge >= 0.3 is 0 Å². The number of rotatable bonds is 13. The van der Waals surface area contributed by atoms with Crippen molar-refractivity contribution in [2.45, 2.75) is 107 Å². The Morgan fingerprint density at radius 1 is 0.941 bits per heavy atom. The molecular weight excluding hydrogens is 428 g/mol. The number of amides is 1. The number of ether oxygens (including phenoxy) is 2. The molecule has 0 aliphatic heterocycles. The van der Waals surface area contributed by atoms with Gasteiger partial charge in [0.2, 0.25) is 5.91 Å². The molecule has 0 aromatic carbocycles. The molecule has 1 amide bonds. The van der Waals surface area contributed by atoms with E-state index in [1.807, 2.05) is 34.6 Å². The minimum atomic E-state index is -0.290. The third kappa shape index (κ3) is 20.4. The molecule has 0 aromatic rings. The van der Waals surface area contributed by atoms with Gasteiger partial charge in [-0.05, 0) is 71.4 Å². The standard InChI is InChI=1S/C15H32N2O.C12H26O2.CH2O/c1-12(10-15(5,6)8-9-16-7)11-17-13(18)14(2,3)4;1-7-12(8-2,9-13-6)10-14-11(3,4)5;1-2/h12,16H,8-11H2,1-7H3,(H,17,18);7-10H2,1-6H3;1H2. The first-order valence-electron chi connectivity index (χ1n) is 12.8. The van der Waals surface area contributed by atoms with Crippen LogP contribution in [0, 0.1) is 22.2 Å². The summed E-state index contributed by atoms with van der Waals surface area (Å²) in [4.78, 5) is 19.8. The highest BCUT2D eigenvalue weighted by Gasteiger charge is 2.28. The molecule has 34 heavy (non-hydrogen) atoms. The Morgan fingerprint density at radius 2 is 1.44 bits per heavy atom. The maximum Gasteiger partial charge on any atom is 0.225 e. The number of methoxy groups -OCH3 is 1. The molecule has 0 aliphatic carbocycles. The van der Waals surface area contributed by atoms with E-state index in [1.165, 1.54) is 6.42 Å². The van der Waals surface area contributed by atoms with Gasteiger partial charge in [-0.2, -0.15) is 0 Å². The van der Waals surface area contributed by atoms with Crippen molar-refractivity contribution in [3.63, 3.8) is 0 Å². The quantitative estimate of drug-likeness (QED) is 0.338. The molecule has 1 unspecified atom stereocenters. The van der Waals surface area contributed by atoms with Crippen molar-refractivity contribution >= 4 is 12.7 Å². The van der Waals surface area contributed by atoms with E-state index in [1.54, 1.807) is 7.11 Å². The zero-order valence-corrected chi connectivity index (χ0v) is 25.1. The zero-order chi connectivity index (χ0) is 27.6. The molecule has 1 atom stereocenters. The molecule has 6 heteroatoms. The van der Waals surface area contributed by atoms with Crippen molar-refractivity contribution in [3.05, 3.63) is 0 Å². The van der Waals surface area contributed by atoms with Crippen molar-refractivity contribution < 1.29 is 19.1 Å². The van der Waals surface area contributed by atoms with Gasteiger partial charge < -0.3 is 24.9 Å². The first-order chi connectivity index (χ1) is 15.5. The number of nitrogens with one attached hydrogen (secondary N) is 2. The first kappa shape index (κ1) is 37.6. The van der Waals surface area contributed by atoms with Gasteiger partial charge in [0, 0.05) is 24.5 Å². The van der Waals surface area contributed by atoms with E-state index in [2.05, 4.69) is 66.0 Å². The first-order valence-corrected chi connectivity index (χ1v) is 12.8. The second-order valence-corrected chi connectivity index (χ2v) is 12.3. The maximum atomic E-state index is 11.8. The van der Waals surface area contributed by atoms with Gasteiger partial charge in [-0.1, -0.05) is 55.4 Å². The van der Waals surface area contributed by atoms with Gasteiger partial charge in [0.1, 0.15) is 6.79 Å². The van der Waals surface area contributed by atoms with Crippen LogP contribution in [0.15, 0.2) is 0 Å². The van der Waals surface area contributed by atoms with Crippen LogP contribution in [0.2, 0.25) is 0 Å². The Morgan fingerprint density at radius 3 is 1.79 bits per heavy atom. The highest BCUT2D eigenvalue weighted by Crippen LogP contribution is 2.29. The lowest BCUT2D eigenvalue weighted by Gasteiger charge is -2.34. The topological polar surface area (TPSA) is 76.7 Å². The highest BCUT2D eigenvalue weighted by molar-refractivity contribution is 5.81. The lowest BCUT2D eigenvalue weighted by atomic mass is 9.80. The average Bonchev–Trinajstić information content (AvgIpc) is 2.74. The minimum Gasteiger partial charge on any atom is -0.384 e. The van der Waals surface area contributed by atoms with Crippen LogP contribution in [0.5, 0.6) is 0 Å². The van der Waals surface area contributed by atoms with Gasteiger partial charge in [0.25, 0.3) is 0 Å². The SMILES string of the molecule is C=O.CCC(CC)(COC)COC(C)(C)C.CNCCC(C)(C)CC(C)CNC(=O)C(C)(C)C. The van der Waals surface area contributed by atoms with Crippen LogP contribution in [0.25, 0.3) is 0 Å². The van der Waals surface area contributed by atoms with E-state index < -0.39 is 0 Å². The van der Waals surface area contributed by atoms with E-state index in [9.17, 15) is 4.79 Å². The third-order valence-corrected chi connectivity index (χ3v) is 6.01. The van der Waals surface area contributed by atoms with E-state index in [0.29, 0.717) is 11.3 Å². The average molecular weight is 489 g/mol. The summed E-state index contributed by atoms with van der Waals surface area (Å²) in [6.07, 6.45) is 4.51. The molecule has 206 valence electrons. The van der Waals surface area contributed by atoms with Crippen LogP contribution in [0.4, 0.5) is 0 Å². The number of carbonyl (C=O) groups excluding carboxylic acids is 2. The maximum absolute atomic E-state index is 11.8. The summed E-state index contributed by atoms with van der Waals surface area (Å²) in [7, 11) is 3.75. The predicted octanol–water partition coefficient (Wildman–Crippen LogP) is 5.88. The molecular formula is C28H60N2O4. The molecule has 0 aliphatic rings. The lowest BCUT2D eigenvalue weighted by molar-refractivity contribution is -0.128. The van der Waals surface area contributed by atoms with Gasteiger partial charge in [0.15, 0.2) is 0 Å². The fraction of sp³-hybridized carbons (Fsp3) is 0.929. The molecule has 0 bridgehead atoms. The van der Waals surface area contributed by atoms with Crippen molar-refractivity contribution in [1.29, 1.82) is 0 Å². The fourth-order valence-corrected chi connectivity index (χ4v) is 3.49. The molecule has 0 aromatic heterocycles. The Hall–Kier alpha value is -0.980. The summed E-state index contributed by atoms with van der Waals surface area (Å²) in [5.74, 6) is 0.658. The molecule has 0 fully saturated rings. The monoisotopic (exact) mass is 488 g/mol. The van der Waals surface area contributed by atoms with Gasteiger partial charge in [-0.15, -0.1) is 0 Å². The zero-order valence-electron chi connectivity index (χ0n) is 25.1. The molecule has 0 saturated heterocycles. The lowest BCUT2D eigenvalue weighted by Crippen LogP contribution is -2.38. The number of carbonyl (C=O) groups is 2. The van der Waals surface area contributed by atoms with E-state index in [-0.39, 0.29) is 22.3 Å². The van der Waals surface area contributed by atoms with Crippen molar-refractivity contribution in [3.8, 4) is 0 Å². The largest absolute Gasteiger partial charge is 0.384 e. The second kappa shape index (κ2) is 18.3. The molecule has 0 heterocycles. The molecule has 0 radical (unpaired) electrons. The third-order valence-electron chi connectivity index (χ3n) is 6.01.